The third kappa shape index (κ3) is 15.3. The van der Waals surface area contributed by atoms with Crippen LogP contribution in [0.25, 0.3) is 10.8 Å². The van der Waals surface area contributed by atoms with Crippen LogP contribution >= 0.6 is 0 Å². The van der Waals surface area contributed by atoms with Gasteiger partial charge in [-0.3, -0.25) is 0 Å². The van der Waals surface area contributed by atoms with Crippen LogP contribution in [-0.2, 0) is 103 Å². The number of hydrogen-bond donors (Lipinski definition) is 0. The van der Waals surface area contributed by atoms with Gasteiger partial charge in [-0.2, -0.15) is 42.1 Å². The Hall–Kier alpha value is -11.6. The molecule has 0 bridgehead atoms. The van der Waals surface area contributed by atoms with Gasteiger partial charge in [0.05, 0.1) is 93.1 Å². The minimum absolute atomic E-state index is 0.599. The van der Waals surface area contributed by atoms with Crippen LogP contribution in [0.5, 0.6) is 0 Å². The molecule has 0 aliphatic rings. The molecular weight excluding hydrogens is 1100 g/mol. The van der Waals surface area contributed by atoms with Crippen LogP contribution in [0.3, 0.4) is 0 Å². The first kappa shape index (κ1) is 61.5. The maximum Gasteiger partial charge on any atom is 0.0991 e. The lowest BCUT2D eigenvalue weighted by molar-refractivity contribution is 0.819. The van der Waals surface area contributed by atoms with E-state index in [1.54, 1.807) is 0 Å². The molecule has 432 valence electrons. The second kappa shape index (κ2) is 30.1. The van der Waals surface area contributed by atoms with Crippen LogP contribution < -0.4 is 0 Å². The smallest absolute Gasteiger partial charge is 0.0991 e. The molecule has 0 fully saturated rings. The third-order valence-corrected chi connectivity index (χ3v) is 17.6. The van der Waals surface area contributed by atoms with Crippen molar-refractivity contribution in [2.45, 2.75) is 103 Å². The standard InChI is InChI=1S/C82H64N8/c83-49-65-17-1-57(2-18-65)33-41-73-74(42-34-58-3-19-66(50-84)20-4-58)78(46-38-62-11-27-70(54-88)28-12-62)82-80(48-40-64-15-31-72(56-90)32-16-64)76(44-36-60-7-23-68(52-86)24-8-60)75(43-35-59-5-21-67(51-85)22-6-59)79(47-39-63-13-29-71(55-89)30-14-63)81(82)77(73)45-37-61-9-25-69(53-87)26-10-61/h1-32H,33-48H2. The molecule has 0 spiro atoms. The minimum atomic E-state index is 0.599. The zero-order valence-electron chi connectivity index (χ0n) is 50.4. The molecule has 90 heavy (non-hydrogen) atoms. The lowest BCUT2D eigenvalue weighted by Gasteiger charge is -2.31. The van der Waals surface area contributed by atoms with Gasteiger partial charge in [-0.1, -0.05) is 97.1 Å². The average molecular weight is 1160 g/mol. The summed E-state index contributed by atoms with van der Waals surface area (Å²) in [5.41, 5.74) is 24.1. The van der Waals surface area contributed by atoms with E-state index in [0.717, 1.165) is 44.5 Å². The predicted octanol–water partition coefficient (Wildman–Crippen LogP) is 16.1. The van der Waals surface area contributed by atoms with Crippen LogP contribution in [0.2, 0.25) is 0 Å². The van der Waals surface area contributed by atoms with Crippen molar-refractivity contribution in [3.05, 3.63) is 328 Å². The zero-order chi connectivity index (χ0) is 62.6. The number of hydrogen-bond acceptors (Lipinski definition) is 8. The van der Waals surface area contributed by atoms with Gasteiger partial charge in [0.2, 0.25) is 0 Å². The number of benzene rings is 10. The van der Waals surface area contributed by atoms with E-state index in [2.05, 4.69) is 146 Å². The Morgan fingerprint density at radius 1 is 0.144 bits per heavy atom. The van der Waals surface area contributed by atoms with Crippen molar-refractivity contribution < 1.29 is 0 Å². The van der Waals surface area contributed by atoms with Crippen molar-refractivity contribution in [3.63, 3.8) is 0 Å². The fraction of sp³-hybridized carbons (Fsp3) is 0.195. The van der Waals surface area contributed by atoms with Crippen molar-refractivity contribution in [1.29, 1.82) is 42.1 Å². The first-order valence-electron chi connectivity index (χ1n) is 30.8. The summed E-state index contributed by atoms with van der Waals surface area (Å²) in [4.78, 5) is 0. The van der Waals surface area contributed by atoms with E-state index in [1.807, 2.05) is 97.1 Å². The van der Waals surface area contributed by atoms with E-state index >= 15 is 0 Å². The molecule has 0 aliphatic carbocycles. The van der Waals surface area contributed by atoms with Crippen molar-refractivity contribution in [2.24, 2.45) is 0 Å². The lowest BCUT2D eigenvalue weighted by atomic mass is 9.73. The molecule has 8 nitrogen and oxygen atoms in total. The van der Waals surface area contributed by atoms with Gasteiger partial charge in [0.25, 0.3) is 0 Å². The normalized spacial score (nSPS) is 10.6. The number of fused-ring (bicyclic) bond motifs is 1. The van der Waals surface area contributed by atoms with Gasteiger partial charge in [-0.05, 0) is 300 Å². The molecule has 0 heterocycles. The molecule has 0 aliphatic heterocycles. The van der Waals surface area contributed by atoms with E-state index < -0.39 is 0 Å². The van der Waals surface area contributed by atoms with Crippen LogP contribution in [0, 0.1) is 90.6 Å². The highest BCUT2D eigenvalue weighted by molar-refractivity contribution is 5.98. The molecule has 0 N–H and O–H groups in total. The number of nitrogens with zero attached hydrogens (tertiary/aromatic N) is 8. The Morgan fingerprint density at radius 3 is 0.367 bits per heavy atom. The molecular formula is C82H64N8. The van der Waals surface area contributed by atoms with E-state index in [0.29, 0.717) is 147 Å². The molecule has 10 aromatic rings. The molecule has 10 aromatic carbocycles. The van der Waals surface area contributed by atoms with Crippen LogP contribution in [-0.4, -0.2) is 0 Å². The quantitative estimate of drug-likeness (QED) is 0.0571. The summed E-state index contributed by atoms with van der Waals surface area (Å²) in [6, 6.07) is 82.1. The summed E-state index contributed by atoms with van der Waals surface area (Å²) in [7, 11) is 0. The van der Waals surface area contributed by atoms with Crippen LogP contribution in [0.15, 0.2) is 194 Å². The summed E-state index contributed by atoms with van der Waals surface area (Å²) in [6.45, 7) is 0. The molecule has 0 atom stereocenters. The van der Waals surface area contributed by atoms with Gasteiger partial charge < -0.3 is 0 Å². The molecule has 0 saturated carbocycles. The van der Waals surface area contributed by atoms with Crippen LogP contribution in [0.1, 0.15) is 134 Å². The van der Waals surface area contributed by atoms with Crippen molar-refractivity contribution in [1.82, 2.24) is 0 Å². The monoisotopic (exact) mass is 1160 g/mol. The van der Waals surface area contributed by atoms with E-state index in [4.69, 9.17) is 0 Å². The molecule has 0 amide bonds. The fourth-order valence-corrected chi connectivity index (χ4v) is 12.7. The topological polar surface area (TPSA) is 190 Å². The minimum Gasteiger partial charge on any atom is -0.192 e. The molecule has 10 rings (SSSR count). The summed E-state index contributed by atoms with van der Waals surface area (Å²) in [5, 5.41) is 82.0. The van der Waals surface area contributed by atoms with E-state index in [-0.39, 0.29) is 0 Å². The molecule has 0 saturated heterocycles. The van der Waals surface area contributed by atoms with Gasteiger partial charge in [0.1, 0.15) is 0 Å². The highest BCUT2D eigenvalue weighted by Crippen LogP contribution is 2.44. The Balaban J connectivity index is 1.34. The van der Waals surface area contributed by atoms with Gasteiger partial charge in [0.15, 0.2) is 0 Å². The number of aryl methyl sites for hydroxylation is 12. The largest absolute Gasteiger partial charge is 0.192 e. The summed E-state index contributed by atoms with van der Waals surface area (Å²) >= 11 is 0. The maximum atomic E-state index is 9.95. The van der Waals surface area contributed by atoms with E-state index in [1.165, 1.54) is 55.3 Å². The second-order valence-electron chi connectivity index (χ2n) is 23.0. The first-order valence-corrected chi connectivity index (χ1v) is 30.8. The van der Waals surface area contributed by atoms with E-state index in [9.17, 15) is 42.1 Å². The number of nitriles is 8. The fourth-order valence-electron chi connectivity index (χ4n) is 12.7. The highest BCUT2D eigenvalue weighted by atomic mass is 14.3. The third-order valence-electron chi connectivity index (χ3n) is 17.6. The summed E-state index contributed by atoms with van der Waals surface area (Å²) in [5.74, 6) is 0. The van der Waals surface area contributed by atoms with Gasteiger partial charge >= 0.3 is 0 Å². The van der Waals surface area contributed by atoms with Gasteiger partial charge in [0, 0.05) is 0 Å². The van der Waals surface area contributed by atoms with Crippen molar-refractivity contribution >= 4 is 10.8 Å². The van der Waals surface area contributed by atoms with Crippen LogP contribution in [0.4, 0.5) is 0 Å². The maximum absolute atomic E-state index is 9.95. The predicted molar refractivity (Wildman–Crippen MR) is 352 cm³/mol. The Labute approximate surface area is 528 Å². The Bertz CT molecular complexity index is 3950. The summed E-state index contributed by atoms with van der Waals surface area (Å²) < 4.78 is 0. The lowest BCUT2D eigenvalue weighted by Crippen LogP contribution is -2.17. The molecule has 8 heteroatoms. The molecule has 0 radical (unpaired) electrons. The van der Waals surface area contributed by atoms with Gasteiger partial charge in [-0.25, -0.2) is 0 Å². The highest BCUT2D eigenvalue weighted by Gasteiger charge is 2.29. The average Bonchev–Trinajstić information content (AvgIpc) is 0.839. The zero-order valence-corrected chi connectivity index (χ0v) is 50.4. The Morgan fingerprint density at radius 2 is 0.256 bits per heavy atom. The molecule has 0 unspecified atom stereocenters. The van der Waals surface area contributed by atoms with Crippen molar-refractivity contribution in [3.8, 4) is 48.6 Å². The van der Waals surface area contributed by atoms with Crippen molar-refractivity contribution in [2.75, 3.05) is 0 Å². The van der Waals surface area contributed by atoms with Gasteiger partial charge in [-0.15, -0.1) is 0 Å². The Kier molecular flexibility index (Phi) is 20.6. The second-order valence-corrected chi connectivity index (χ2v) is 23.0. The summed E-state index contributed by atoms with van der Waals surface area (Å²) in [6.07, 6.45) is 11.2. The number of rotatable bonds is 24. The molecule has 0 aromatic heterocycles. The SMILES string of the molecule is N#Cc1ccc(CCc2c(CCc3ccc(C#N)cc3)c(CCc3ccc(C#N)cc3)c3c(CCc4ccc(C#N)cc4)c(CCc4ccc(C#N)cc4)c(CCc4ccc(C#N)cc4)c(CCc4ccc(C#N)cc4)c3c2CCc2ccc(C#N)cc2)cc1. The first-order chi connectivity index (χ1) is 44.2.